The number of benzene rings is 1. The highest BCUT2D eigenvalue weighted by Crippen LogP contribution is 2.18. The predicted molar refractivity (Wildman–Crippen MR) is 80.7 cm³/mol. The summed E-state index contributed by atoms with van der Waals surface area (Å²) >= 11 is 0. The van der Waals surface area contributed by atoms with Crippen LogP contribution >= 0.6 is 0 Å². The molecule has 0 saturated carbocycles. The van der Waals surface area contributed by atoms with E-state index < -0.39 is 6.10 Å². The molecule has 1 amide bonds. The van der Waals surface area contributed by atoms with Crippen molar-refractivity contribution in [2.24, 2.45) is 0 Å². The Morgan fingerprint density at radius 3 is 2.68 bits per heavy atom. The van der Waals surface area contributed by atoms with Crippen LogP contribution < -0.4 is 4.74 Å². The lowest BCUT2D eigenvalue weighted by Gasteiger charge is -2.33. The van der Waals surface area contributed by atoms with Gasteiger partial charge in [-0.15, -0.1) is 0 Å². The summed E-state index contributed by atoms with van der Waals surface area (Å²) in [7, 11) is 0. The van der Waals surface area contributed by atoms with Gasteiger partial charge in [-0.3, -0.25) is 9.69 Å². The minimum absolute atomic E-state index is 0.00424. The van der Waals surface area contributed by atoms with Crippen molar-refractivity contribution in [3.05, 3.63) is 30.3 Å². The Hall–Kier alpha value is -1.63. The molecule has 1 aromatic rings. The summed E-state index contributed by atoms with van der Waals surface area (Å²) in [5.41, 5.74) is 0. The third-order valence-corrected chi connectivity index (χ3v) is 4.23. The largest absolute Gasteiger partial charge is 0.484 e. The normalized spacial score (nSPS) is 26.1. The van der Waals surface area contributed by atoms with E-state index in [1.54, 1.807) is 4.90 Å². The highest BCUT2D eigenvalue weighted by atomic mass is 16.5. The molecule has 0 aliphatic carbocycles. The first-order chi connectivity index (χ1) is 10.7. The van der Waals surface area contributed by atoms with Gasteiger partial charge in [-0.2, -0.15) is 0 Å². The summed E-state index contributed by atoms with van der Waals surface area (Å²) in [5.74, 6) is 0.596. The number of aliphatic hydroxyl groups is 1. The van der Waals surface area contributed by atoms with Crippen molar-refractivity contribution < 1.29 is 19.4 Å². The fourth-order valence-electron chi connectivity index (χ4n) is 2.99. The summed E-state index contributed by atoms with van der Waals surface area (Å²) in [6.45, 7) is 3.93. The molecule has 2 fully saturated rings. The van der Waals surface area contributed by atoms with E-state index in [0.717, 1.165) is 13.1 Å². The van der Waals surface area contributed by atoms with Crippen LogP contribution in [-0.4, -0.2) is 79.0 Å². The number of ether oxygens (including phenoxy) is 2. The van der Waals surface area contributed by atoms with Crippen molar-refractivity contribution in [1.82, 2.24) is 9.80 Å². The highest BCUT2D eigenvalue weighted by Gasteiger charge is 2.38. The van der Waals surface area contributed by atoms with Crippen LogP contribution in [0.25, 0.3) is 0 Å². The average molecular weight is 306 g/mol. The lowest BCUT2D eigenvalue weighted by Crippen LogP contribution is -2.49. The molecular formula is C16H22N2O4. The van der Waals surface area contributed by atoms with Crippen molar-refractivity contribution in [2.45, 2.75) is 12.1 Å². The molecule has 120 valence electrons. The summed E-state index contributed by atoms with van der Waals surface area (Å²) < 4.78 is 10.8. The Kier molecular flexibility index (Phi) is 4.92. The van der Waals surface area contributed by atoms with Gasteiger partial charge in [-0.05, 0) is 12.1 Å². The molecule has 2 saturated heterocycles. The molecule has 0 aromatic heterocycles. The van der Waals surface area contributed by atoms with E-state index in [1.807, 2.05) is 30.3 Å². The van der Waals surface area contributed by atoms with Gasteiger partial charge < -0.3 is 19.5 Å². The van der Waals surface area contributed by atoms with Crippen LogP contribution in [0.3, 0.4) is 0 Å². The Labute approximate surface area is 130 Å². The van der Waals surface area contributed by atoms with Crippen LogP contribution in [0.2, 0.25) is 0 Å². The number of amides is 1. The smallest absolute Gasteiger partial charge is 0.260 e. The van der Waals surface area contributed by atoms with Crippen molar-refractivity contribution in [1.29, 1.82) is 0 Å². The summed E-state index contributed by atoms with van der Waals surface area (Å²) in [5, 5.41) is 10.2. The number of carbonyl (C=O) groups is 1. The van der Waals surface area contributed by atoms with Crippen LogP contribution in [-0.2, 0) is 9.53 Å². The van der Waals surface area contributed by atoms with E-state index >= 15 is 0 Å². The minimum atomic E-state index is -0.501. The van der Waals surface area contributed by atoms with E-state index in [4.69, 9.17) is 9.47 Å². The van der Waals surface area contributed by atoms with Gasteiger partial charge in [0.1, 0.15) is 5.75 Å². The maximum Gasteiger partial charge on any atom is 0.260 e. The molecule has 22 heavy (non-hydrogen) atoms. The van der Waals surface area contributed by atoms with Crippen molar-refractivity contribution in [2.75, 3.05) is 46.0 Å². The molecule has 2 atom stereocenters. The van der Waals surface area contributed by atoms with E-state index in [2.05, 4.69) is 4.90 Å². The summed E-state index contributed by atoms with van der Waals surface area (Å²) in [4.78, 5) is 16.1. The lowest BCUT2D eigenvalue weighted by atomic mass is 10.2. The second-order valence-electron chi connectivity index (χ2n) is 5.68. The molecule has 1 aromatic carbocycles. The van der Waals surface area contributed by atoms with E-state index in [1.165, 1.54) is 0 Å². The topological polar surface area (TPSA) is 62.2 Å². The van der Waals surface area contributed by atoms with Crippen molar-refractivity contribution >= 4 is 5.91 Å². The van der Waals surface area contributed by atoms with Crippen LogP contribution in [0.4, 0.5) is 0 Å². The Morgan fingerprint density at radius 1 is 1.23 bits per heavy atom. The monoisotopic (exact) mass is 306 g/mol. The number of hydrogen-bond donors (Lipinski definition) is 1. The van der Waals surface area contributed by atoms with Crippen molar-refractivity contribution in [3.8, 4) is 5.75 Å². The number of morpholine rings is 1. The number of carbonyl (C=O) groups excluding carboxylic acids is 1. The summed E-state index contributed by atoms with van der Waals surface area (Å²) in [6, 6.07) is 9.29. The van der Waals surface area contributed by atoms with E-state index in [-0.39, 0.29) is 18.6 Å². The average Bonchev–Trinajstić information content (AvgIpc) is 2.96. The molecule has 3 rings (SSSR count). The zero-order valence-electron chi connectivity index (χ0n) is 12.6. The number of β-amino-alcohol motifs (C(OH)–C–C–N with tert-alkyl or cyclic N) is 1. The zero-order chi connectivity index (χ0) is 15.4. The second kappa shape index (κ2) is 7.09. The molecule has 2 aliphatic rings. The van der Waals surface area contributed by atoms with E-state index in [0.29, 0.717) is 32.1 Å². The fraction of sp³-hybridized carbons (Fsp3) is 0.562. The maximum absolute atomic E-state index is 12.2. The first kappa shape index (κ1) is 15.3. The van der Waals surface area contributed by atoms with Gasteiger partial charge in [0.05, 0.1) is 25.4 Å². The molecule has 6 nitrogen and oxygen atoms in total. The maximum atomic E-state index is 12.2. The quantitative estimate of drug-likeness (QED) is 0.846. The number of hydrogen-bond acceptors (Lipinski definition) is 5. The second-order valence-corrected chi connectivity index (χ2v) is 5.68. The minimum Gasteiger partial charge on any atom is -0.484 e. The number of likely N-dealkylation sites (tertiary alicyclic amines) is 1. The Bertz CT molecular complexity index is 490. The van der Waals surface area contributed by atoms with Gasteiger partial charge in [-0.1, -0.05) is 18.2 Å². The number of para-hydroxylation sites is 1. The number of rotatable bonds is 4. The predicted octanol–water partition coefficient (Wildman–Crippen LogP) is -0.0307. The zero-order valence-corrected chi connectivity index (χ0v) is 12.6. The first-order valence-electron chi connectivity index (χ1n) is 7.69. The van der Waals surface area contributed by atoms with Gasteiger partial charge in [0.25, 0.3) is 5.91 Å². The van der Waals surface area contributed by atoms with Gasteiger partial charge in [0.15, 0.2) is 6.61 Å². The fourth-order valence-corrected chi connectivity index (χ4v) is 2.99. The number of nitrogens with zero attached hydrogens (tertiary/aromatic N) is 2. The first-order valence-corrected chi connectivity index (χ1v) is 7.69. The molecule has 1 N–H and O–H groups in total. The molecule has 6 heteroatoms. The number of aliphatic hydroxyl groups excluding tert-OH is 1. The third kappa shape index (κ3) is 3.58. The third-order valence-electron chi connectivity index (χ3n) is 4.23. The summed E-state index contributed by atoms with van der Waals surface area (Å²) in [6.07, 6.45) is -0.501. The Morgan fingerprint density at radius 2 is 1.95 bits per heavy atom. The molecular weight excluding hydrogens is 284 g/mol. The highest BCUT2D eigenvalue weighted by molar-refractivity contribution is 5.78. The molecule has 2 heterocycles. The van der Waals surface area contributed by atoms with Crippen LogP contribution in [0.1, 0.15) is 0 Å². The van der Waals surface area contributed by atoms with Crippen molar-refractivity contribution in [3.63, 3.8) is 0 Å². The van der Waals surface area contributed by atoms with Gasteiger partial charge >= 0.3 is 0 Å². The van der Waals surface area contributed by atoms with Crippen LogP contribution in [0.15, 0.2) is 30.3 Å². The van der Waals surface area contributed by atoms with E-state index in [9.17, 15) is 9.90 Å². The van der Waals surface area contributed by atoms with Gasteiger partial charge in [0.2, 0.25) is 0 Å². The van der Waals surface area contributed by atoms with Crippen LogP contribution in [0, 0.1) is 0 Å². The van der Waals surface area contributed by atoms with Gasteiger partial charge in [0, 0.05) is 26.2 Å². The molecule has 2 aliphatic heterocycles. The SMILES string of the molecule is O=C(COc1ccccc1)N1C[C@@H](O)[C@H](N2CCOCC2)C1. The molecule has 0 spiro atoms. The molecule has 0 unspecified atom stereocenters. The van der Waals surface area contributed by atoms with Crippen LogP contribution in [0.5, 0.6) is 5.75 Å². The molecule has 0 radical (unpaired) electrons. The molecule has 0 bridgehead atoms. The standard InChI is InChI=1S/C16H22N2O4/c19-15-11-18(10-14(15)17-6-8-21-9-7-17)16(20)12-22-13-4-2-1-3-5-13/h1-5,14-15,19H,6-12H2/t14-,15-/m1/s1. The van der Waals surface area contributed by atoms with Gasteiger partial charge in [-0.25, -0.2) is 0 Å². The lowest BCUT2D eigenvalue weighted by molar-refractivity contribution is -0.132. The Balaban J connectivity index is 1.51.